The number of nitrogens with one attached hydrogen (secondary N) is 2. The largest absolute Gasteiger partial charge is 0.487 e. The number of hydrogen-bond acceptors (Lipinski definition) is 5. The molecule has 0 fully saturated rings. The van der Waals surface area contributed by atoms with E-state index in [0.717, 1.165) is 0 Å². The predicted octanol–water partition coefficient (Wildman–Crippen LogP) is 6.19. The lowest BCUT2D eigenvalue weighted by Gasteiger charge is -2.19. The lowest BCUT2D eigenvalue weighted by molar-refractivity contribution is -0.128. The van der Waals surface area contributed by atoms with Crippen LogP contribution in [0.3, 0.4) is 0 Å². The van der Waals surface area contributed by atoms with Crippen LogP contribution in [0, 0.1) is 5.41 Å². The minimum atomic E-state index is -2.77. The standard InChI is InChI=1S/C25H28Cl2F2N4O4/c1-6-13-18(22(34)35)16(37-11-17(28)29)9-15-20(13)31-24(33(15)5)32-21-14(26)8-7-12(19(21)27)10-30-23(36)25(2,3)4/h7-9,17H,6,10-11H2,1-5H3,(H,30,36)(H,31,32)(H,34,35). The van der Waals surface area contributed by atoms with Gasteiger partial charge in [0.15, 0.2) is 0 Å². The van der Waals surface area contributed by atoms with E-state index in [1.165, 1.54) is 6.07 Å². The third-order valence-corrected chi connectivity index (χ3v) is 6.45. The molecule has 3 aromatic rings. The second kappa shape index (κ2) is 11.1. The molecule has 0 aliphatic carbocycles. The monoisotopic (exact) mass is 556 g/mol. The fraction of sp³-hybridized carbons (Fsp3) is 0.400. The third kappa shape index (κ3) is 6.07. The van der Waals surface area contributed by atoms with Crippen LogP contribution in [-0.4, -0.2) is 39.6 Å². The van der Waals surface area contributed by atoms with Gasteiger partial charge in [0.05, 0.1) is 26.8 Å². The lowest BCUT2D eigenvalue weighted by atomic mass is 9.95. The molecule has 0 saturated heterocycles. The summed E-state index contributed by atoms with van der Waals surface area (Å²) in [6.07, 6.45) is -2.50. The van der Waals surface area contributed by atoms with E-state index >= 15 is 0 Å². The molecular formula is C25H28Cl2F2N4O4. The molecule has 0 bridgehead atoms. The molecule has 8 nitrogen and oxygen atoms in total. The zero-order valence-electron chi connectivity index (χ0n) is 21.0. The molecule has 0 radical (unpaired) electrons. The highest BCUT2D eigenvalue weighted by molar-refractivity contribution is 6.39. The van der Waals surface area contributed by atoms with Crippen molar-refractivity contribution in [2.45, 2.75) is 47.1 Å². The maximum atomic E-state index is 12.8. The number of carboxylic acid groups (broad SMARTS) is 1. The number of nitrogens with zero attached hydrogens (tertiary/aromatic N) is 2. The number of benzene rings is 2. The quantitative estimate of drug-likeness (QED) is 0.290. The van der Waals surface area contributed by atoms with Gasteiger partial charge >= 0.3 is 5.97 Å². The number of hydrogen-bond donors (Lipinski definition) is 3. The number of aromatic nitrogens is 2. The average Bonchev–Trinajstić information content (AvgIpc) is 3.12. The Morgan fingerprint density at radius 2 is 1.92 bits per heavy atom. The first-order valence-electron chi connectivity index (χ1n) is 11.4. The van der Waals surface area contributed by atoms with Crippen LogP contribution in [0.1, 0.15) is 49.2 Å². The molecule has 0 saturated carbocycles. The van der Waals surface area contributed by atoms with Gasteiger partial charge < -0.3 is 25.0 Å². The van der Waals surface area contributed by atoms with Gasteiger partial charge in [0.2, 0.25) is 11.9 Å². The predicted molar refractivity (Wildman–Crippen MR) is 140 cm³/mol. The smallest absolute Gasteiger partial charge is 0.339 e. The maximum Gasteiger partial charge on any atom is 0.339 e. The summed E-state index contributed by atoms with van der Waals surface area (Å²) in [7, 11) is 1.67. The van der Waals surface area contributed by atoms with Crippen LogP contribution in [-0.2, 0) is 24.8 Å². The Morgan fingerprint density at radius 1 is 1.24 bits per heavy atom. The second-order valence-electron chi connectivity index (χ2n) is 9.40. The summed E-state index contributed by atoms with van der Waals surface area (Å²) in [6.45, 7) is 6.37. The number of carboxylic acids is 1. The number of amides is 1. The van der Waals surface area contributed by atoms with E-state index in [1.807, 2.05) is 0 Å². The van der Waals surface area contributed by atoms with Crippen molar-refractivity contribution in [3.05, 3.63) is 44.9 Å². The summed E-state index contributed by atoms with van der Waals surface area (Å²) < 4.78 is 32.4. The molecule has 0 aliphatic rings. The van der Waals surface area contributed by atoms with Gasteiger partial charge in [-0.1, -0.05) is 57.0 Å². The van der Waals surface area contributed by atoms with E-state index in [2.05, 4.69) is 15.6 Å². The molecule has 1 amide bonds. The molecule has 1 aromatic heterocycles. The number of alkyl halides is 2. The Bertz CT molecular complexity index is 1350. The zero-order valence-corrected chi connectivity index (χ0v) is 22.5. The summed E-state index contributed by atoms with van der Waals surface area (Å²) in [6, 6.07) is 4.71. The minimum Gasteiger partial charge on any atom is -0.487 e. The van der Waals surface area contributed by atoms with E-state index in [4.69, 9.17) is 27.9 Å². The highest BCUT2D eigenvalue weighted by atomic mass is 35.5. The number of fused-ring (bicyclic) bond motifs is 1. The van der Waals surface area contributed by atoms with Crippen LogP contribution in [0.4, 0.5) is 20.4 Å². The molecule has 1 heterocycles. The molecule has 0 unspecified atom stereocenters. The van der Waals surface area contributed by atoms with Crippen molar-refractivity contribution in [3.8, 4) is 5.75 Å². The van der Waals surface area contributed by atoms with Crippen molar-refractivity contribution in [3.63, 3.8) is 0 Å². The Kier molecular flexibility index (Phi) is 8.54. The minimum absolute atomic E-state index is 0.144. The maximum absolute atomic E-state index is 12.8. The number of halogens is 4. The van der Waals surface area contributed by atoms with Crippen LogP contribution < -0.4 is 15.4 Å². The van der Waals surface area contributed by atoms with Crippen LogP contribution in [0.5, 0.6) is 5.75 Å². The van der Waals surface area contributed by atoms with Crippen molar-refractivity contribution in [2.75, 3.05) is 11.9 Å². The van der Waals surface area contributed by atoms with Gasteiger partial charge in [-0.05, 0) is 23.6 Å². The van der Waals surface area contributed by atoms with Gasteiger partial charge in [-0.2, -0.15) is 0 Å². The van der Waals surface area contributed by atoms with Gasteiger partial charge in [0.1, 0.15) is 17.9 Å². The molecule has 3 rings (SSSR count). The van der Waals surface area contributed by atoms with Crippen molar-refractivity contribution in [1.82, 2.24) is 14.9 Å². The van der Waals surface area contributed by atoms with Gasteiger partial charge in [0, 0.05) is 25.1 Å². The highest BCUT2D eigenvalue weighted by Crippen LogP contribution is 2.38. The topological polar surface area (TPSA) is 105 Å². The van der Waals surface area contributed by atoms with E-state index in [1.54, 1.807) is 51.4 Å². The lowest BCUT2D eigenvalue weighted by Crippen LogP contribution is -2.34. The number of imidazole rings is 1. The second-order valence-corrected chi connectivity index (χ2v) is 10.2. The SMILES string of the molecule is CCc1c(C(=O)O)c(OCC(F)F)cc2c1nc(Nc1c(Cl)ccc(CNC(=O)C(C)(C)C)c1Cl)n2C. The van der Waals surface area contributed by atoms with Gasteiger partial charge in [-0.3, -0.25) is 4.79 Å². The average molecular weight is 557 g/mol. The molecule has 2 aromatic carbocycles. The van der Waals surface area contributed by atoms with Crippen LogP contribution in [0.2, 0.25) is 10.0 Å². The number of rotatable bonds is 9. The van der Waals surface area contributed by atoms with E-state index in [9.17, 15) is 23.5 Å². The number of aryl methyl sites for hydroxylation is 2. The zero-order chi connectivity index (χ0) is 27.7. The molecule has 0 atom stereocenters. The first kappa shape index (κ1) is 28.5. The van der Waals surface area contributed by atoms with Gasteiger partial charge in [0.25, 0.3) is 6.43 Å². The molecular weight excluding hydrogens is 529 g/mol. The molecule has 3 N–H and O–H groups in total. The number of aromatic carboxylic acids is 1. The van der Waals surface area contributed by atoms with Gasteiger partial charge in [-0.25, -0.2) is 18.6 Å². The van der Waals surface area contributed by atoms with E-state index < -0.39 is 24.4 Å². The molecule has 0 spiro atoms. The highest BCUT2D eigenvalue weighted by Gasteiger charge is 2.25. The Labute approximate surface area is 222 Å². The molecule has 12 heteroatoms. The summed E-state index contributed by atoms with van der Waals surface area (Å²) in [4.78, 5) is 28.8. The first-order valence-corrected chi connectivity index (χ1v) is 12.2. The summed E-state index contributed by atoms with van der Waals surface area (Å²) >= 11 is 13.0. The van der Waals surface area contributed by atoms with Gasteiger partial charge in [-0.15, -0.1) is 0 Å². The van der Waals surface area contributed by atoms with Crippen molar-refractivity contribution in [1.29, 1.82) is 0 Å². The van der Waals surface area contributed by atoms with Crippen molar-refractivity contribution >= 4 is 57.7 Å². The molecule has 200 valence electrons. The Hall–Kier alpha value is -3.11. The summed E-state index contributed by atoms with van der Waals surface area (Å²) in [5.41, 5.74) is 1.35. The van der Waals surface area contributed by atoms with Crippen molar-refractivity contribution in [2.24, 2.45) is 12.5 Å². The number of carbonyl (C=O) groups excluding carboxylic acids is 1. The fourth-order valence-corrected chi connectivity index (χ4v) is 4.25. The van der Waals surface area contributed by atoms with Crippen LogP contribution in [0.15, 0.2) is 18.2 Å². The van der Waals surface area contributed by atoms with Crippen LogP contribution in [0.25, 0.3) is 11.0 Å². The van der Waals surface area contributed by atoms with E-state index in [-0.39, 0.29) is 41.2 Å². The summed E-state index contributed by atoms with van der Waals surface area (Å²) in [5, 5.41) is 16.3. The van der Waals surface area contributed by atoms with Crippen molar-refractivity contribution < 1.29 is 28.2 Å². The number of anilines is 2. The Balaban J connectivity index is 2.05. The normalized spacial score (nSPS) is 11.7. The molecule has 0 aliphatic heterocycles. The molecule has 37 heavy (non-hydrogen) atoms. The first-order chi connectivity index (χ1) is 17.3. The third-order valence-electron chi connectivity index (χ3n) is 5.70. The Morgan fingerprint density at radius 3 is 2.49 bits per heavy atom. The summed E-state index contributed by atoms with van der Waals surface area (Å²) in [5.74, 6) is -1.33. The fourth-order valence-electron chi connectivity index (χ4n) is 3.72. The number of ether oxygens (including phenoxy) is 1. The van der Waals surface area contributed by atoms with Crippen LogP contribution >= 0.6 is 23.2 Å². The number of carbonyl (C=O) groups is 2. The van der Waals surface area contributed by atoms with E-state index in [0.29, 0.717) is 32.9 Å².